The Morgan fingerprint density at radius 2 is 1.61 bits per heavy atom. The van der Waals surface area contributed by atoms with Crippen LogP contribution in [0.2, 0.25) is 0 Å². The number of carbonyl (C=O) groups excluding carboxylic acids is 2. The molecule has 0 bridgehead atoms. The zero-order valence-corrected chi connectivity index (χ0v) is 17.1. The number of ether oxygens (including phenoxy) is 1. The molecule has 28 heavy (non-hydrogen) atoms. The van der Waals surface area contributed by atoms with E-state index < -0.39 is 21.9 Å². The zero-order chi connectivity index (χ0) is 20.9. The molecule has 0 atom stereocenters. The van der Waals surface area contributed by atoms with E-state index in [0.29, 0.717) is 11.3 Å². The molecule has 0 aromatic heterocycles. The molecule has 2 aromatic rings. The summed E-state index contributed by atoms with van der Waals surface area (Å²) in [5.41, 5.74) is 1.69. The smallest absolute Gasteiger partial charge is 0.325 e. The normalized spacial score (nSPS) is 11.2. The van der Waals surface area contributed by atoms with Crippen LogP contribution in [-0.2, 0) is 19.6 Å². The number of benzene rings is 2. The van der Waals surface area contributed by atoms with Crippen molar-refractivity contribution in [3.63, 3.8) is 0 Å². The third-order valence-corrected chi connectivity index (χ3v) is 5.73. The SMILES string of the molecule is Cc1ccc(S(=O)(=O)N(C)c2ccc(C(=O)NCC(=O)OC(C)C)cc2)cc1. The molecule has 1 N–H and O–H groups in total. The number of rotatable bonds is 7. The predicted molar refractivity (Wildman–Crippen MR) is 107 cm³/mol. The molecule has 0 saturated carbocycles. The molecule has 1 amide bonds. The largest absolute Gasteiger partial charge is 0.462 e. The van der Waals surface area contributed by atoms with E-state index in [1.807, 2.05) is 6.92 Å². The molecule has 2 aromatic carbocycles. The van der Waals surface area contributed by atoms with Crippen molar-refractivity contribution in [2.45, 2.75) is 31.8 Å². The van der Waals surface area contributed by atoms with E-state index in [-0.39, 0.29) is 17.5 Å². The zero-order valence-electron chi connectivity index (χ0n) is 16.3. The van der Waals surface area contributed by atoms with Crippen molar-refractivity contribution in [3.05, 3.63) is 59.7 Å². The molecule has 150 valence electrons. The first kappa shape index (κ1) is 21.4. The van der Waals surface area contributed by atoms with Gasteiger partial charge in [0.15, 0.2) is 0 Å². The Bertz CT molecular complexity index is 936. The Hall–Kier alpha value is -2.87. The Labute approximate surface area is 165 Å². The van der Waals surface area contributed by atoms with Crippen LogP contribution in [0.25, 0.3) is 0 Å². The molecule has 0 spiro atoms. The molecular formula is C20H24N2O5S. The second kappa shape index (κ2) is 8.88. The molecule has 0 aliphatic carbocycles. The van der Waals surface area contributed by atoms with Crippen molar-refractivity contribution in [2.75, 3.05) is 17.9 Å². The second-order valence-electron chi connectivity index (χ2n) is 6.55. The van der Waals surface area contributed by atoms with Crippen LogP contribution in [0.15, 0.2) is 53.4 Å². The van der Waals surface area contributed by atoms with Crippen molar-refractivity contribution < 1.29 is 22.7 Å². The van der Waals surface area contributed by atoms with E-state index in [4.69, 9.17) is 4.74 Å². The molecule has 0 aliphatic heterocycles. The highest BCUT2D eigenvalue weighted by atomic mass is 32.2. The topological polar surface area (TPSA) is 92.8 Å². The van der Waals surface area contributed by atoms with Crippen LogP contribution in [0.3, 0.4) is 0 Å². The van der Waals surface area contributed by atoms with E-state index in [9.17, 15) is 18.0 Å². The van der Waals surface area contributed by atoms with Gasteiger partial charge in [0.1, 0.15) is 6.54 Å². The van der Waals surface area contributed by atoms with Gasteiger partial charge in [-0.1, -0.05) is 17.7 Å². The van der Waals surface area contributed by atoms with Crippen molar-refractivity contribution in [2.24, 2.45) is 0 Å². The second-order valence-corrected chi connectivity index (χ2v) is 8.52. The van der Waals surface area contributed by atoms with Gasteiger partial charge in [-0.2, -0.15) is 0 Å². The van der Waals surface area contributed by atoms with Gasteiger partial charge in [0, 0.05) is 12.6 Å². The number of amides is 1. The Kier molecular flexibility index (Phi) is 6.80. The lowest BCUT2D eigenvalue weighted by molar-refractivity contribution is -0.146. The number of nitrogens with zero attached hydrogens (tertiary/aromatic N) is 1. The number of carbonyl (C=O) groups is 2. The number of nitrogens with one attached hydrogen (secondary N) is 1. The Morgan fingerprint density at radius 1 is 1.04 bits per heavy atom. The lowest BCUT2D eigenvalue weighted by atomic mass is 10.2. The maximum absolute atomic E-state index is 12.7. The van der Waals surface area contributed by atoms with Gasteiger partial charge in [0.05, 0.1) is 16.7 Å². The van der Waals surface area contributed by atoms with Gasteiger partial charge in [-0.15, -0.1) is 0 Å². The van der Waals surface area contributed by atoms with Crippen LogP contribution in [0.1, 0.15) is 29.8 Å². The molecule has 8 heteroatoms. The molecule has 0 aliphatic rings. The molecule has 0 saturated heterocycles. The Balaban J connectivity index is 2.07. The van der Waals surface area contributed by atoms with Crippen LogP contribution < -0.4 is 9.62 Å². The van der Waals surface area contributed by atoms with Crippen molar-refractivity contribution in [1.82, 2.24) is 5.32 Å². The summed E-state index contributed by atoms with van der Waals surface area (Å²) in [5, 5.41) is 2.47. The monoisotopic (exact) mass is 404 g/mol. The van der Waals surface area contributed by atoms with Gasteiger partial charge >= 0.3 is 5.97 Å². The van der Waals surface area contributed by atoms with Crippen LogP contribution in [0, 0.1) is 6.92 Å². The fourth-order valence-electron chi connectivity index (χ4n) is 2.39. The van der Waals surface area contributed by atoms with Crippen LogP contribution in [0.4, 0.5) is 5.69 Å². The summed E-state index contributed by atoms with van der Waals surface area (Å²) in [4.78, 5) is 23.8. The van der Waals surface area contributed by atoms with Crippen LogP contribution in [-0.4, -0.2) is 40.0 Å². The minimum absolute atomic E-state index is 0.186. The molecule has 2 rings (SSSR count). The number of anilines is 1. The third kappa shape index (κ3) is 5.32. The molecular weight excluding hydrogens is 380 g/mol. The lowest BCUT2D eigenvalue weighted by Crippen LogP contribution is -2.31. The van der Waals surface area contributed by atoms with Gasteiger partial charge in [0.2, 0.25) is 0 Å². The minimum atomic E-state index is -3.70. The summed E-state index contributed by atoms with van der Waals surface area (Å²) in [6.07, 6.45) is -0.255. The Morgan fingerprint density at radius 3 is 2.14 bits per heavy atom. The van der Waals surface area contributed by atoms with Crippen molar-refractivity contribution in [1.29, 1.82) is 0 Å². The average Bonchev–Trinajstić information content (AvgIpc) is 2.65. The number of esters is 1. The summed E-state index contributed by atoms with van der Waals surface area (Å²) in [5.74, 6) is -0.972. The average molecular weight is 404 g/mol. The summed E-state index contributed by atoms with van der Waals surface area (Å²) in [6.45, 7) is 5.09. The highest BCUT2D eigenvalue weighted by Gasteiger charge is 2.21. The van der Waals surface area contributed by atoms with Gasteiger partial charge in [-0.05, 0) is 57.2 Å². The molecule has 0 heterocycles. The van der Waals surface area contributed by atoms with Crippen LogP contribution in [0.5, 0.6) is 0 Å². The van der Waals surface area contributed by atoms with Gasteiger partial charge in [0.25, 0.3) is 15.9 Å². The summed E-state index contributed by atoms with van der Waals surface area (Å²) >= 11 is 0. The van der Waals surface area contributed by atoms with E-state index >= 15 is 0 Å². The summed E-state index contributed by atoms with van der Waals surface area (Å²) in [7, 11) is -2.25. The summed E-state index contributed by atoms with van der Waals surface area (Å²) in [6, 6.07) is 12.6. The standard InChI is InChI=1S/C20H24N2O5S/c1-14(2)27-19(23)13-21-20(24)16-7-9-17(10-8-16)22(4)28(25,26)18-11-5-15(3)6-12-18/h5-12,14H,13H2,1-4H3,(H,21,24). The third-order valence-electron chi connectivity index (χ3n) is 3.93. The first-order valence-corrected chi connectivity index (χ1v) is 10.2. The number of sulfonamides is 1. The fourth-order valence-corrected chi connectivity index (χ4v) is 3.58. The number of aryl methyl sites for hydroxylation is 1. The summed E-state index contributed by atoms with van der Waals surface area (Å²) < 4.78 is 31.5. The molecule has 7 nitrogen and oxygen atoms in total. The van der Waals surface area contributed by atoms with E-state index in [0.717, 1.165) is 9.87 Å². The predicted octanol–water partition coefficient (Wildman–Crippen LogP) is 2.50. The van der Waals surface area contributed by atoms with Crippen molar-refractivity contribution >= 4 is 27.6 Å². The highest BCUT2D eigenvalue weighted by molar-refractivity contribution is 7.92. The fraction of sp³-hybridized carbons (Fsp3) is 0.300. The van der Waals surface area contributed by atoms with Gasteiger partial charge < -0.3 is 10.1 Å². The quantitative estimate of drug-likeness (QED) is 0.716. The maximum Gasteiger partial charge on any atom is 0.325 e. The van der Waals surface area contributed by atoms with E-state index in [1.165, 1.54) is 31.3 Å². The first-order chi connectivity index (χ1) is 13.1. The minimum Gasteiger partial charge on any atom is -0.462 e. The first-order valence-electron chi connectivity index (χ1n) is 8.74. The molecule has 0 fully saturated rings. The highest BCUT2D eigenvalue weighted by Crippen LogP contribution is 2.22. The maximum atomic E-state index is 12.7. The van der Waals surface area contributed by atoms with E-state index in [1.54, 1.807) is 38.1 Å². The molecule has 0 radical (unpaired) electrons. The van der Waals surface area contributed by atoms with Gasteiger partial charge in [-0.25, -0.2) is 8.42 Å². The number of hydrogen-bond acceptors (Lipinski definition) is 5. The molecule has 0 unspecified atom stereocenters. The van der Waals surface area contributed by atoms with Crippen molar-refractivity contribution in [3.8, 4) is 0 Å². The number of hydrogen-bond donors (Lipinski definition) is 1. The van der Waals surface area contributed by atoms with Gasteiger partial charge in [-0.3, -0.25) is 13.9 Å². The van der Waals surface area contributed by atoms with E-state index in [2.05, 4.69) is 5.32 Å². The van der Waals surface area contributed by atoms with Crippen LogP contribution >= 0.6 is 0 Å². The lowest BCUT2D eigenvalue weighted by Gasteiger charge is -2.20.